The molecular formula is C25H28N6O2. The quantitative estimate of drug-likeness (QED) is 0.604. The second-order valence-electron chi connectivity index (χ2n) is 9.28. The zero-order valence-corrected chi connectivity index (χ0v) is 19.0. The van der Waals surface area contributed by atoms with Crippen molar-refractivity contribution in [3.8, 4) is 0 Å². The Morgan fingerprint density at radius 2 is 1.97 bits per heavy atom. The van der Waals surface area contributed by atoms with Crippen molar-refractivity contribution < 1.29 is 9.59 Å². The van der Waals surface area contributed by atoms with E-state index in [0.717, 1.165) is 11.3 Å². The molecule has 3 aromatic rings. The number of hydrogen-bond acceptors (Lipinski definition) is 5. The molecule has 0 radical (unpaired) electrons. The second kappa shape index (κ2) is 8.42. The lowest BCUT2D eigenvalue weighted by Gasteiger charge is -2.27. The van der Waals surface area contributed by atoms with Crippen LogP contribution in [-0.2, 0) is 11.3 Å². The van der Waals surface area contributed by atoms with Crippen LogP contribution in [0.5, 0.6) is 0 Å². The molecule has 2 atom stereocenters. The van der Waals surface area contributed by atoms with Crippen LogP contribution in [0.4, 0.5) is 0 Å². The van der Waals surface area contributed by atoms with Crippen molar-refractivity contribution in [2.75, 3.05) is 19.6 Å². The molecule has 2 aliphatic heterocycles. The summed E-state index contributed by atoms with van der Waals surface area (Å²) in [4.78, 5) is 43.8. The highest BCUT2D eigenvalue weighted by molar-refractivity contribution is 5.94. The fraction of sp³-hybridized carbons (Fsp3) is 0.400. The van der Waals surface area contributed by atoms with E-state index in [1.807, 2.05) is 35.6 Å². The van der Waals surface area contributed by atoms with Crippen molar-refractivity contribution in [3.63, 3.8) is 0 Å². The predicted molar refractivity (Wildman–Crippen MR) is 122 cm³/mol. The number of imidazole rings is 1. The van der Waals surface area contributed by atoms with Gasteiger partial charge in [0, 0.05) is 62.9 Å². The highest BCUT2D eigenvalue weighted by atomic mass is 16.2. The normalized spacial score (nSPS) is 22.6. The first-order valence-electron chi connectivity index (χ1n) is 11.4. The molecule has 1 spiro atoms. The van der Waals surface area contributed by atoms with Gasteiger partial charge in [-0.2, -0.15) is 0 Å². The van der Waals surface area contributed by atoms with E-state index in [0.29, 0.717) is 38.3 Å². The Morgan fingerprint density at radius 3 is 2.67 bits per heavy atom. The number of pyridine rings is 2. The van der Waals surface area contributed by atoms with E-state index < -0.39 is 5.41 Å². The Labute approximate surface area is 193 Å². The molecule has 0 aliphatic carbocycles. The van der Waals surface area contributed by atoms with Crippen LogP contribution in [0.15, 0.2) is 61.4 Å². The minimum absolute atomic E-state index is 0.0970. The Kier molecular flexibility index (Phi) is 5.44. The van der Waals surface area contributed by atoms with Crippen LogP contribution < -0.4 is 0 Å². The van der Waals surface area contributed by atoms with Crippen LogP contribution in [0.1, 0.15) is 54.0 Å². The molecule has 0 bridgehead atoms. The van der Waals surface area contributed by atoms with E-state index in [-0.39, 0.29) is 23.8 Å². The Hall–Kier alpha value is -3.55. The van der Waals surface area contributed by atoms with Gasteiger partial charge < -0.3 is 14.4 Å². The monoisotopic (exact) mass is 444 g/mol. The summed E-state index contributed by atoms with van der Waals surface area (Å²) in [6.45, 7) is 6.25. The van der Waals surface area contributed by atoms with E-state index >= 15 is 0 Å². The molecular weight excluding hydrogens is 416 g/mol. The average molecular weight is 445 g/mol. The lowest BCUT2D eigenvalue weighted by Crippen LogP contribution is -2.40. The minimum atomic E-state index is -0.673. The number of carbonyl (C=O) groups excluding carboxylic acids is 2. The Balaban J connectivity index is 1.47. The standard InChI is InChI=1S/C25H28N6O2/c1-18(2)31-15-22(28-17-31)20-14-30(23(32)21-5-3-4-9-27-21)16-25(20)8-12-29(24(25)33)13-19-6-10-26-11-7-19/h3-7,9-11,15,17-18,20H,8,12-14,16H2,1-2H3/t20-,25+/m0/s1. The van der Waals surface area contributed by atoms with E-state index in [2.05, 4.69) is 33.4 Å². The predicted octanol–water partition coefficient (Wildman–Crippen LogP) is 2.91. The lowest BCUT2D eigenvalue weighted by atomic mass is 9.75. The molecule has 0 N–H and O–H groups in total. The molecule has 0 unspecified atom stereocenters. The molecule has 5 heterocycles. The maximum Gasteiger partial charge on any atom is 0.272 e. The van der Waals surface area contributed by atoms with E-state index in [4.69, 9.17) is 0 Å². The van der Waals surface area contributed by atoms with Gasteiger partial charge in [-0.15, -0.1) is 0 Å². The fourth-order valence-electron chi connectivity index (χ4n) is 5.10. The van der Waals surface area contributed by atoms with E-state index in [9.17, 15) is 9.59 Å². The Bertz CT molecular complexity index is 1150. The Morgan fingerprint density at radius 1 is 1.15 bits per heavy atom. The molecule has 3 aromatic heterocycles. The van der Waals surface area contributed by atoms with Gasteiger partial charge in [-0.1, -0.05) is 6.07 Å². The SMILES string of the molecule is CC(C)n1cnc([C@@H]2CN(C(=O)c3ccccn3)C[C@]23CCN(Cc2ccncc2)C3=O)c1. The van der Waals surface area contributed by atoms with Crippen LogP contribution in [0, 0.1) is 5.41 Å². The fourth-order valence-corrected chi connectivity index (χ4v) is 5.10. The molecule has 33 heavy (non-hydrogen) atoms. The molecule has 0 saturated carbocycles. The summed E-state index contributed by atoms with van der Waals surface area (Å²) in [7, 11) is 0. The number of likely N-dealkylation sites (tertiary alicyclic amines) is 2. The molecule has 8 nitrogen and oxygen atoms in total. The van der Waals surface area contributed by atoms with Crippen LogP contribution in [-0.4, -0.2) is 60.8 Å². The molecule has 2 fully saturated rings. The van der Waals surface area contributed by atoms with Crippen molar-refractivity contribution in [2.24, 2.45) is 5.41 Å². The topological polar surface area (TPSA) is 84.2 Å². The second-order valence-corrected chi connectivity index (χ2v) is 9.28. The number of amides is 2. The van der Waals surface area contributed by atoms with Crippen molar-refractivity contribution >= 4 is 11.8 Å². The summed E-state index contributed by atoms with van der Waals surface area (Å²) in [5.74, 6) is -0.194. The first-order chi connectivity index (χ1) is 16.0. The first kappa shape index (κ1) is 21.3. The molecule has 2 amide bonds. The third-order valence-electron chi connectivity index (χ3n) is 6.95. The average Bonchev–Trinajstić information content (AvgIpc) is 3.55. The van der Waals surface area contributed by atoms with Gasteiger partial charge in [0.25, 0.3) is 5.91 Å². The maximum atomic E-state index is 13.9. The number of carbonyl (C=O) groups is 2. The number of rotatable bonds is 5. The summed E-state index contributed by atoms with van der Waals surface area (Å²) < 4.78 is 2.06. The number of hydrogen-bond donors (Lipinski definition) is 0. The van der Waals surface area contributed by atoms with Gasteiger partial charge in [-0.05, 0) is 50.1 Å². The summed E-state index contributed by atoms with van der Waals surface area (Å²) in [5, 5.41) is 0. The number of aromatic nitrogens is 4. The van der Waals surface area contributed by atoms with Gasteiger partial charge in [0.05, 0.1) is 17.4 Å². The van der Waals surface area contributed by atoms with Gasteiger partial charge in [0.2, 0.25) is 5.91 Å². The van der Waals surface area contributed by atoms with Gasteiger partial charge in [-0.3, -0.25) is 19.6 Å². The van der Waals surface area contributed by atoms with Gasteiger partial charge in [0.1, 0.15) is 5.69 Å². The van der Waals surface area contributed by atoms with Gasteiger partial charge in [0.15, 0.2) is 0 Å². The van der Waals surface area contributed by atoms with E-state index in [1.54, 1.807) is 35.6 Å². The van der Waals surface area contributed by atoms with Crippen molar-refractivity contribution in [3.05, 3.63) is 78.4 Å². The highest BCUT2D eigenvalue weighted by Gasteiger charge is 2.58. The summed E-state index contributed by atoms with van der Waals surface area (Å²) in [6, 6.07) is 9.48. The van der Waals surface area contributed by atoms with Crippen LogP contribution in [0.3, 0.4) is 0 Å². The lowest BCUT2D eigenvalue weighted by molar-refractivity contribution is -0.136. The van der Waals surface area contributed by atoms with Crippen LogP contribution >= 0.6 is 0 Å². The maximum absolute atomic E-state index is 13.9. The zero-order valence-electron chi connectivity index (χ0n) is 19.0. The van der Waals surface area contributed by atoms with Gasteiger partial charge in [-0.25, -0.2) is 4.98 Å². The summed E-state index contributed by atoms with van der Waals surface area (Å²) in [6.07, 6.45) is 9.67. The van der Waals surface area contributed by atoms with Gasteiger partial charge >= 0.3 is 0 Å². The van der Waals surface area contributed by atoms with E-state index in [1.165, 1.54) is 0 Å². The first-order valence-corrected chi connectivity index (χ1v) is 11.4. The summed E-state index contributed by atoms with van der Waals surface area (Å²) >= 11 is 0. The molecule has 5 rings (SSSR count). The smallest absolute Gasteiger partial charge is 0.272 e. The highest BCUT2D eigenvalue weighted by Crippen LogP contribution is 2.50. The van der Waals surface area contributed by atoms with Crippen molar-refractivity contribution in [2.45, 2.75) is 38.8 Å². The van der Waals surface area contributed by atoms with Crippen molar-refractivity contribution in [1.29, 1.82) is 0 Å². The zero-order chi connectivity index (χ0) is 23.0. The number of nitrogens with zero attached hydrogens (tertiary/aromatic N) is 6. The molecule has 2 aliphatic rings. The van der Waals surface area contributed by atoms with Crippen LogP contribution in [0.2, 0.25) is 0 Å². The van der Waals surface area contributed by atoms with Crippen LogP contribution in [0.25, 0.3) is 0 Å². The summed E-state index contributed by atoms with van der Waals surface area (Å²) in [5.41, 5.74) is 1.66. The molecule has 8 heteroatoms. The third kappa shape index (κ3) is 3.79. The van der Waals surface area contributed by atoms with Crippen molar-refractivity contribution in [1.82, 2.24) is 29.3 Å². The minimum Gasteiger partial charge on any atom is -0.338 e. The third-order valence-corrected chi connectivity index (χ3v) is 6.95. The molecule has 2 saturated heterocycles. The molecule has 170 valence electrons. The largest absolute Gasteiger partial charge is 0.338 e. The molecule has 0 aromatic carbocycles.